The van der Waals surface area contributed by atoms with Crippen molar-refractivity contribution in [2.75, 3.05) is 6.61 Å². The SMILES string of the molecule is CCOC(=O)C(Cc1cc[n+](C)cc1)C(C)=O.[I-]. The van der Waals surface area contributed by atoms with E-state index in [1.54, 1.807) is 6.92 Å². The second-order valence-electron chi connectivity index (χ2n) is 3.99. The Hall–Kier alpha value is -0.980. The summed E-state index contributed by atoms with van der Waals surface area (Å²) in [7, 11) is 1.91. The molecule has 18 heavy (non-hydrogen) atoms. The third-order valence-corrected chi connectivity index (χ3v) is 2.55. The van der Waals surface area contributed by atoms with Crippen LogP contribution in [0.25, 0.3) is 0 Å². The van der Waals surface area contributed by atoms with Crippen LogP contribution in [0.1, 0.15) is 19.4 Å². The number of aryl methyl sites for hydroxylation is 1. The number of ether oxygens (including phenoxy) is 1. The van der Waals surface area contributed by atoms with Gasteiger partial charge in [-0.2, -0.15) is 0 Å². The smallest absolute Gasteiger partial charge is 0.316 e. The average Bonchev–Trinajstić information content (AvgIpc) is 2.28. The number of pyridine rings is 1. The zero-order chi connectivity index (χ0) is 12.8. The molecule has 1 aromatic heterocycles. The number of hydrogen-bond acceptors (Lipinski definition) is 3. The Kier molecular flexibility index (Phi) is 7.73. The van der Waals surface area contributed by atoms with Crippen LogP contribution in [0.2, 0.25) is 0 Å². The predicted octanol–water partition coefficient (Wildman–Crippen LogP) is -2.17. The summed E-state index contributed by atoms with van der Waals surface area (Å²) in [5.74, 6) is -1.28. The highest BCUT2D eigenvalue weighted by atomic mass is 127. The number of nitrogens with zero attached hydrogens (tertiary/aromatic N) is 1. The third-order valence-electron chi connectivity index (χ3n) is 2.55. The minimum Gasteiger partial charge on any atom is -1.00 e. The zero-order valence-corrected chi connectivity index (χ0v) is 13.0. The van der Waals surface area contributed by atoms with Gasteiger partial charge in [-0.25, -0.2) is 4.57 Å². The normalized spacial score (nSPS) is 11.3. The monoisotopic (exact) mass is 363 g/mol. The molecule has 1 heterocycles. The molecular formula is C13H18INO3. The van der Waals surface area contributed by atoms with Gasteiger partial charge in [0.25, 0.3) is 0 Å². The molecule has 0 fully saturated rings. The molecule has 0 spiro atoms. The highest BCUT2D eigenvalue weighted by Crippen LogP contribution is 2.10. The van der Waals surface area contributed by atoms with Gasteiger partial charge in [-0.3, -0.25) is 9.59 Å². The number of Topliss-reactive ketones (excluding diaryl/α,β-unsaturated/α-hetero) is 1. The molecule has 0 N–H and O–H groups in total. The van der Waals surface area contributed by atoms with Gasteiger partial charge in [0.15, 0.2) is 12.4 Å². The van der Waals surface area contributed by atoms with E-state index in [-0.39, 0.29) is 29.8 Å². The number of halogens is 1. The van der Waals surface area contributed by atoms with E-state index < -0.39 is 11.9 Å². The Morgan fingerprint density at radius 3 is 2.33 bits per heavy atom. The number of rotatable bonds is 5. The summed E-state index contributed by atoms with van der Waals surface area (Å²) < 4.78 is 6.80. The van der Waals surface area contributed by atoms with Crippen molar-refractivity contribution in [2.24, 2.45) is 13.0 Å². The lowest BCUT2D eigenvalue weighted by molar-refractivity contribution is -0.671. The Morgan fingerprint density at radius 1 is 1.33 bits per heavy atom. The van der Waals surface area contributed by atoms with E-state index in [1.165, 1.54) is 6.92 Å². The lowest BCUT2D eigenvalue weighted by Gasteiger charge is -2.11. The van der Waals surface area contributed by atoms with E-state index in [4.69, 9.17) is 4.74 Å². The minimum absolute atomic E-state index is 0. The van der Waals surface area contributed by atoms with Crippen LogP contribution in [0.5, 0.6) is 0 Å². The van der Waals surface area contributed by atoms with Crippen molar-refractivity contribution in [2.45, 2.75) is 20.3 Å². The van der Waals surface area contributed by atoms with E-state index in [0.29, 0.717) is 13.0 Å². The Morgan fingerprint density at radius 2 is 1.89 bits per heavy atom. The number of ketones is 1. The van der Waals surface area contributed by atoms with Gasteiger partial charge in [0.1, 0.15) is 18.7 Å². The number of aromatic nitrogens is 1. The summed E-state index contributed by atoms with van der Waals surface area (Å²) in [5, 5.41) is 0. The Bertz CT molecular complexity index is 403. The summed E-state index contributed by atoms with van der Waals surface area (Å²) in [6.45, 7) is 3.45. The fourth-order valence-corrected chi connectivity index (χ4v) is 1.54. The number of carbonyl (C=O) groups is 2. The van der Waals surface area contributed by atoms with Crippen molar-refractivity contribution >= 4 is 11.8 Å². The molecular weight excluding hydrogens is 345 g/mol. The van der Waals surface area contributed by atoms with E-state index in [0.717, 1.165) is 5.56 Å². The van der Waals surface area contributed by atoms with E-state index in [1.807, 2.05) is 36.1 Å². The van der Waals surface area contributed by atoms with Crippen molar-refractivity contribution in [3.8, 4) is 0 Å². The molecule has 0 aliphatic heterocycles. The first kappa shape index (κ1) is 17.0. The number of hydrogen-bond donors (Lipinski definition) is 0. The first-order chi connectivity index (χ1) is 8.04. The van der Waals surface area contributed by atoms with Crippen LogP contribution in [0.4, 0.5) is 0 Å². The van der Waals surface area contributed by atoms with Crippen LogP contribution < -0.4 is 28.5 Å². The molecule has 0 bridgehead atoms. The summed E-state index contributed by atoms with van der Waals surface area (Å²) in [5.41, 5.74) is 0.955. The molecule has 0 amide bonds. The molecule has 1 unspecified atom stereocenters. The van der Waals surface area contributed by atoms with Gasteiger partial charge in [-0.15, -0.1) is 0 Å². The summed E-state index contributed by atoms with van der Waals surface area (Å²) in [6.07, 6.45) is 4.17. The number of carbonyl (C=O) groups excluding carboxylic acids is 2. The molecule has 100 valence electrons. The first-order valence-corrected chi connectivity index (χ1v) is 5.65. The highest BCUT2D eigenvalue weighted by molar-refractivity contribution is 5.97. The van der Waals surface area contributed by atoms with Gasteiger partial charge in [0, 0.05) is 12.1 Å². The fourth-order valence-electron chi connectivity index (χ4n) is 1.54. The maximum absolute atomic E-state index is 11.6. The second-order valence-corrected chi connectivity index (χ2v) is 3.99. The van der Waals surface area contributed by atoms with Crippen LogP contribution in [0.3, 0.4) is 0 Å². The summed E-state index contributed by atoms with van der Waals surface area (Å²) in [4.78, 5) is 23.0. The van der Waals surface area contributed by atoms with Crippen LogP contribution in [0, 0.1) is 5.92 Å². The summed E-state index contributed by atoms with van der Waals surface area (Å²) >= 11 is 0. The van der Waals surface area contributed by atoms with Gasteiger partial charge >= 0.3 is 5.97 Å². The van der Waals surface area contributed by atoms with Crippen LogP contribution in [0.15, 0.2) is 24.5 Å². The van der Waals surface area contributed by atoms with Gasteiger partial charge in [-0.05, 0) is 25.8 Å². The molecule has 0 aromatic carbocycles. The Balaban J connectivity index is 0.00000289. The highest BCUT2D eigenvalue weighted by Gasteiger charge is 2.25. The lowest BCUT2D eigenvalue weighted by Crippen LogP contribution is -3.00. The standard InChI is InChI=1S/C13H18NO3.HI/c1-4-17-13(16)12(10(2)15)9-11-5-7-14(3)8-6-11;/h5-8,12H,4,9H2,1-3H3;1H/q+1;/p-1. The summed E-state index contributed by atoms with van der Waals surface area (Å²) in [6, 6.07) is 3.80. The molecule has 1 atom stereocenters. The van der Waals surface area contributed by atoms with Gasteiger partial charge in [0.2, 0.25) is 0 Å². The van der Waals surface area contributed by atoms with E-state index in [9.17, 15) is 9.59 Å². The molecule has 0 saturated carbocycles. The molecule has 1 rings (SSSR count). The van der Waals surface area contributed by atoms with Gasteiger partial charge in [0.05, 0.1) is 6.61 Å². The molecule has 1 aromatic rings. The quantitative estimate of drug-likeness (QED) is 0.259. The largest absolute Gasteiger partial charge is 1.00 e. The minimum atomic E-state index is -0.692. The van der Waals surface area contributed by atoms with Crippen LogP contribution in [-0.4, -0.2) is 18.4 Å². The third kappa shape index (κ3) is 5.12. The molecule has 5 heteroatoms. The second kappa shape index (κ2) is 8.18. The van der Waals surface area contributed by atoms with Gasteiger partial charge in [-0.1, -0.05) is 0 Å². The van der Waals surface area contributed by atoms with E-state index in [2.05, 4.69) is 0 Å². The molecule has 0 aliphatic rings. The van der Waals surface area contributed by atoms with Crippen molar-refractivity contribution in [1.82, 2.24) is 0 Å². The van der Waals surface area contributed by atoms with Crippen molar-refractivity contribution in [3.63, 3.8) is 0 Å². The van der Waals surface area contributed by atoms with Crippen molar-refractivity contribution in [1.29, 1.82) is 0 Å². The number of esters is 1. The average molecular weight is 363 g/mol. The molecule has 0 aliphatic carbocycles. The molecule has 4 nitrogen and oxygen atoms in total. The van der Waals surface area contributed by atoms with Gasteiger partial charge < -0.3 is 28.7 Å². The zero-order valence-electron chi connectivity index (χ0n) is 10.9. The maximum Gasteiger partial charge on any atom is 0.316 e. The van der Waals surface area contributed by atoms with E-state index >= 15 is 0 Å². The van der Waals surface area contributed by atoms with Crippen LogP contribution in [-0.2, 0) is 27.8 Å². The van der Waals surface area contributed by atoms with Crippen LogP contribution >= 0.6 is 0 Å². The molecule has 0 radical (unpaired) electrons. The lowest BCUT2D eigenvalue weighted by atomic mass is 9.97. The molecule has 0 saturated heterocycles. The Labute approximate surface area is 124 Å². The predicted molar refractivity (Wildman–Crippen MR) is 62.1 cm³/mol. The first-order valence-electron chi connectivity index (χ1n) is 5.65. The fraction of sp³-hybridized carbons (Fsp3) is 0.462. The van der Waals surface area contributed by atoms with Crippen molar-refractivity contribution in [3.05, 3.63) is 30.1 Å². The maximum atomic E-state index is 11.6. The van der Waals surface area contributed by atoms with Crippen molar-refractivity contribution < 1.29 is 42.9 Å². The topological polar surface area (TPSA) is 47.2 Å².